The SMILES string of the molecule is CC/C(=C/NC1(F)CC1)NN. The van der Waals surface area contributed by atoms with E-state index in [0.29, 0.717) is 12.8 Å². The smallest absolute Gasteiger partial charge is 0.180 e. The number of alkyl halides is 1. The molecular weight excluding hydrogens is 145 g/mol. The van der Waals surface area contributed by atoms with Gasteiger partial charge in [-0.1, -0.05) is 6.92 Å². The van der Waals surface area contributed by atoms with Crippen LogP contribution in [0.3, 0.4) is 0 Å². The summed E-state index contributed by atoms with van der Waals surface area (Å²) in [5.41, 5.74) is 3.30. The second kappa shape index (κ2) is 3.09. The van der Waals surface area contributed by atoms with Crippen LogP contribution in [0.4, 0.5) is 4.39 Å². The van der Waals surface area contributed by atoms with Crippen LogP contribution in [0.15, 0.2) is 11.9 Å². The molecule has 0 radical (unpaired) electrons. The van der Waals surface area contributed by atoms with Crippen LogP contribution in [0, 0.1) is 0 Å². The van der Waals surface area contributed by atoms with E-state index in [1.54, 1.807) is 6.20 Å². The molecule has 0 saturated heterocycles. The minimum Gasteiger partial charge on any atom is -0.358 e. The highest BCUT2D eigenvalue weighted by Crippen LogP contribution is 2.36. The summed E-state index contributed by atoms with van der Waals surface area (Å²) < 4.78 is 12.9. The second-order valence-electron chi connectivity index (χ2n) is 2.78. The third-order valence-electron chi connectivity index (χ3n) is 1.76. The highest BCUT2D eigenvalue weighted by Gasteiger charge is 2.42. The van der Waals surface area contributed by atoms with Gasteiger partial charge in [-0.25, -0.2) is 4.39 Å². The summed E-state index contributed by atoms with van der Waals surface area (Å²) in [6, 6.07) is 0. The lowest BCUT2D eigenvalue weighted by Crippen LogP contribution is -2.26. The molecule has 4 N–H and O–H groups in total. The van der Waals surface area contributed by atoms with Gasteiger partial charge in [0.25, 0.3) is 0 Å². The van der Waals surface area contributed by atoms with Crippen LogP contribution in [0.5, 0.6) is 0 Å². The first-order valence-electron chi connectivity index (χ1n) is 3.82. The van der Waals surface area contributed by atoms with Crippen LogP contribution in [0.2, 0.25) is 0 Å². The Balaban J connectivity index is 2.31. The predicted molar refractivity (Wildman–Crippen MR) is 41.9 cm³/mol. The number of hydrazine groups is 1. The van der Waals surface area contributed by atoms with E-state index in [2.05, 4.69) is 10.7 Å². The number of rotatable bonds is 4. The predicted octanol–water partition coefficient (Wildman–Crippen LogP) is 0.750. The molecule has 0 heterocycles. The number of nitrogens with one attached hydrogen (secondary N) is 2. The third-order valence-corrected chi connectivity index (χ3v) is 1.76. The zero-order chi connectivity index (χ0) is 8.32. The molecule has 3 nitrogen and oxygen atoms in total. The fourth-order valence-corrected chi connectivity index (χ4v) is 0.716. The number of allylic oxidation sites excluding steroid dienone is 1. The molecule has 11 heavy (non-hydrogen) atoms. The van der Waals surface area contributed by atoms with Crippen molar-refractivity contribution in [3.63, 3.8) is 0 Å². The molecule has 0 aromatic rings. The lowest BCUT2D eigenvalue weighted by atomic mass is 10.4. The van der Waals surface area contributed by atoms with Gasteiger partial charge in [0, 0.05) is 24.7 Å². The van der Waals surface area contributed by atoms with Crippen LogP contribution >= 0.6 is 0 Å². The van der Waals surface area contributed by atoms with Crippen molar-refractivity contribution in [1.29, 1.82) is 0 Å². The van der Waals surface area contributed by atoms with E-state index in [1.807, 2.05) is 6.92 Å². The molecule has 4 heteroatoms. The van der Waals surface area contributed by atoms with Crippen molar-refractivity contribution in [2.24, 2.45) is 5.84 Å². The molecule has 0 unspecified atom stereocenters. The summed E-state index contributed by atoms with van der Waals surface area (Å²) in [7, 11) is 0. The van der Waals surface area contributed by atoms with Gasteiger partial charge in [-0.2, -0.15) is 0 Å². The molecule has 0 aliphatic heterocycles. The molecule has 0 aromatic heterocycles. The first kappa shape index (κ1) is 8.33. The minimum absolute atomic E-state index is 0.602. The van der Waals surface area contributed by atoms with E-state index in [9.17, 15) is 4.39 Å². The van der Waals surface area contributed by atoms with Crippen molar-refractivity contribution >= 4 is 0 Å². The second-order valence-corrected chi connectivity index (χ2v) is 2.78. The molecule has 1 saturated carbocycles. The van der Waals surface area contributed by atoms with E-state index < -0.39 is 5.79 Å². The molecular formula is C7H14FN3. The van der Waals surface area contributed by atoms with Gasteiger partial charge in [0.05, 0.1) is 0 Å². The molecule has 1 rings (SSSR count). The molecule has 0 bridgehead atoms. The maximum atomic E-state index is 12.9. The number of hydrogen-bond acceptors (Lipinski definition) is 3. The normalized spacial score (nSPS) is 21.2. The van der Waals surface area contributed by atoms with Crippen molar-refractivity contribution in [2.75, 3.05) is 0 Å². The summed E-state index contributed by atoms with van der Waals surface area (Å²) in [5, 5.41) is 2.66. The zero-order valence-electron chi connectivity index (χ0n) is 6.65. The van der Waals surface area contributed by atoms with Gasteiger partial charge in [0.1, 0.15) is 0 Å². The average Bonchev–Trinajstić information content (AvgIpc) is 2.71. The Hall–Kier alpha value is -0.770. The van der Waals surface area contributed by atoms with Crippen molar-refractivity contribution in [3.05, 3.63) is 11.9 Å². The first-order chi connectivity index (χ1) is 5.20. The highest BCUT2D eigenvalue weighted by atomic mass is 19.1. The van der Waals surface area contributed by atoms with E-state index >= 15 is 0 Å². The van der Waals surface area contributed by atoms with Crippen LogP contribution in [0.25, 0.3) is 0 Å². The van der Waals surface area contributed by atoms with Crippen LogP contribution < -0.4 is 16.6 Å². The number of halogens is 1. The highest BCUT2D eigenvalue weighted by molar-refractivity contribution is 5.02. The lowest BCUT2D eigenvalue weighted by Gasteiger charge is -2.07. The molecule has 0 aromatic carbocycles. The summed E-state index contributed by atoms with van der Waals surface area (Å²) >= 11 is 0. The van der Waals surface area contributed by atoms with Gasteiger partial charge in [-0.15, -0.1) is 0 Å². The first-order valence-corrected chi connectivity index (χ1v) is 3.82. The van der Waals surface area contributed by atoms with Gasteiger partial charge in [0.15, 0.2) is 5.79 Å². The maximum Gasteiger partial charge on any atom is 0.180 e. The standard InChI is InChI=1S/C7H14FN3/c1-2-6(11-9)5-10-7(8)3-4-7/h5,10-11H,2-4,9H2,1H3/b6-5-. The van der Waals surface area contributed by atoms with Crippen LogP contribution in [-0.4, -0.2) is 5.79 Å². The van der Waals surface area contributed by atoms with Crippen molar-refractivity contribution in [2.45, 2.75) is 32.0 Å². The molecule has 1 aliphatic carbocycles. The Labute approximate surface area is 65.8 Å². The largest absolute Gasteiger partial charge is 0.358 e. The Morgan fingerprint density at radius 1 is 1.73 bits per heavy atom. The molecule has 1 aliphatic rings. The zero-order valence-corrected chi connectivity index (χ0v) is 6.65. The lowest BCUT2D eigenvalue weighted by molar-refractivity contribution is 0.275. The molecule has 1 fully saturated rings. The van der Waals surface area contributed by atoms with Crippen LogP contribution in [0.1, 0.15) is 26.2 Å². The van der Waals surface area contributed by atoms with Gasteiger partial charge in [-0.3, -0.25) is 5.84 Å². The summed E-state index contributed by atoms with van der Waals surface area (Å²) in [6.45, 7) is 1.95. The molecule has 64 valence electrons. The van der Waals surface area contributed by atoms with Gasteiger partial charge in [0.2, 0.25) is 0 Å². The topological polar surface area (TPSA) is 50.1 Å². The van der Waals surface area contributed by atoms with Gasteiger partial charge >= 0.3 is 0 Å². The Kier molecular flexibility index (Phi) is 2.34. The summed E-state index contributed by atoms with van der Waals surface area (Å²) in [5.74, 6) is 4.01. The maximum absolute atomic E-state index is 12.9. The van der Waals surface area contributed by atoms with Crippen molar-refractivity contribution in [1.82, 2.24) is 10.7 Å². The van der Waals surface area contributed by atoms with E-state index in [-0.39, 0.29) is 0 Å². The summed E-state index contributed by atoms with van der Waals surface area (Å²) in [4.78, 5) is 0. The Bertz CT molecular complexity index is 157. The number of nitrogens with two attached hydrogens (primary N) is 1. The monoisotopic (exact) mass is 159 g/mol. The van der Waals surface area contributed by atoms with Gasteiger partial charge in [-0.05, 0) is 6.42 Å². The third kappa shape index (κ3) is 2.38. The van der Waals surface area contributed by atoms with Crippen molar-refractivity contribution < 1.29 is 4.39 Å². The van der Waals surface area contributed by atoms with E-state index in [1.165, 1.54) is 0 Å². The van der Waals surface area contributed by atoms with Crippen molar-refractivity contribution in [3.8, 4) is 0 Å². The Morgan fingerprint density at radius 3 is 2.73 bits per heavy atom. The quantitative estimate of drug-likeness (QED) is 0.322. The fraction of sp³-hybridized carbons (Fsp3) is 0.714. The number of hydrogen-bond donors (Lipinski definition) is 3. The molecule has 0 spiro atoms. The Morgan fingerprint density at radius 2 is 2.36 bits per heavy atom. The minimum atomic E-state index is -1.14. The van der Waals surface area contributed by atoms with Gasteiger partial charge < -0.3 is 10.7 Å². The average molecular weight is 159 g/mol. The fourth-order valence-electron chi connectivity index (χ4n) is 0.716. The molecule has 0 amide bonds. The van der Waals surface area contributed by atoms with E-state index in [0.717, 1.165) is 12.1 Å². The summed E-state index contributed by atoms with van der Waals surface area (Å²) in [6.07, 6.45) is 3.59. The molecule has 0 atom stereocenters. The van der Waals surface area contributed by atoms with Crippen LogP contribution in [-0.2, 0) is 0 Å². The van der Waals surface area contributed by atoms with E-state index in [4.69, 9.17) is 5.84 Å².